The predicted molar refractivity (Wildman–Crippen MR) is 108 cm³/mol. The molecular formula is C24H19NO3. The Hall–Kier alpha value is -3.71. The van der Waals surface area contributed by atoms with E-state index in [0.717, 1.165) is 11.1 Å². The molecular weight excluding hydrogens is 350 g/mol. The number of esters is 1. The molecule has 0 atom stereocenters. The van der Waals surface area contributed by atoms with Crippen molar-refractivity contribution in [2.45, 2.75) is 13.8 Å². The van der Waals surface area contributed by atoms with Crippen LogP contribution in [-0.2, 0) is 9.53 Å². The lowest BCUT2D eigenvalue weighted by atomic mass is 9.84. The second-order valence-electron chi connectivity index (χ2n) is 6.26. The van der Waals surface area contributed by atoms with E-state index in [-0.39, 0.29) is 12.2 Å². The van der Waals surface area contributed by atoms with E-state index in [1.54, 1.807) is 13.0 Å². The lowest BCUT2D eigenvalue weighted by molar-refractivity contribution is -0.137. The first-order valence-electron chi connectivity index (χ1n) is 8.98. The van der Waals surface area contributed by atoms with Crippen molar-refractivity contribution in [2.75, 3.05) is 6.61 Å². The normalized spacial score (nSPS) is 10.2. The molecule has 3 aromatic rings. The number of carbonyl (C=O) groups excluding carboxylic acids is 2. The van der Waals surface area contributed by atoms with Crippen LogP contribution in [0.3, 0.4) is 0 Å². The number of Topliss-reactive ketones (excluding diaryl/α,β-unsaturated/α-hetero) is 1. The van der Waals surface area contributed by atoms with E-state index in [1.807, 2.05) is 67.6 Å². The summed E-state index contributed by atoms with van der Waals surface area (Å²) in [6.45, 7) is 3.58. The quantitative estimate of drug-likeness (QED) is 0.363. The van der Waals surface area contributed by atoms with Crippen LogP contribution in [0.5, 0.6) is 0 Å². The highest BCUT2D eigenvalue weighted by Gasteiger charge is 2.28. The van der Waals surface area contributed by atoms with Crippen LogP contribution in [0, 0.1) is 18.3 Å². The van der Waals surface area contributed by atoms with Crippen molar-refractivity contribution in [3.63, 3.8) is 0 Å². The molecule has 0 aliphatic carbocycles. The molecule has 3 aromatic carbocycles. The van der Waals surface area contributed by atoms with Crippen LogP contribution in [0.4, 0.5) is 0 Å². The third kappa shape index (κ3) is 3.56. The van der Waals surface area contributed by atoms with Gasteiger partial charge in [0.15, 0.2) is 0 Å². The van der Waals surface area contributed by atoms with Gasteiger partial charge in [-0.1, -0.05) is 60.7 Å². The predicted octanol–water partition coefficient (Wildman–Crippen LogP) is 4.95. The zero-order valence-corrected chi connectivity index (χ0v) is 15.7. The average Bonchev–Trinajstić information content (AvgIpc) is 2.73. The molecule has 0 radical (unpaired) electrons. The Bertz CT molecular complexity index is 1060. The summed E-state index contributed by atoms with van der Waals surface area (Å²) < 4.78 is 4.97. The second kappa shape index (κ2) is 8.32. The molecule has 0 saturated carbocycles. The molecule has 28 heavy (non-hydrogen) atoms. The Kier molecular flexibility index (Phi) is 5.67. The minimum Gasteiger partial charge on any atom is -0.460 e. The molecule has 0 aliphatic heterocycles. The van der Waals surface area contributed by atoms with Crippen LogP contribution in [0.2, 0.25) is 0 Å². The summed E-state index contributed by atoms with van der Waals surface area (Å²) in [5.41, 5.74) is 3.86. The zero-order valence-electron chi connectivity index (χ0n) is 15.7. The van der Waals surface area contributed by atoms with Gasteiger partial charge in [0.25, 0.3) is 5.78 Å². The Morgan fingerprint density at radius 2 is 1.54 bits per heavy atom. The van der Waals surface area contributed by atoms with Gasteiger partial charge >= 0.3 is 5.97 Å². The van der Waals surface area contributed by atoms with Gasteiger partial charge in [0.05, 0.1) is 12.2 Å². The fourth-order valence-corrected chi connectivity index (χ4v) is 3.24. The van der Waals surface area contributed by atoms with Crippen molar-refractivity contribution in [1.29, 1.82) is 5.26 Å². The SMILES string of the molecule is CCOC(=O)C(=O)c1c(-c2ccccc2)cc(C)c(C#N)c1-c1ccccc1. The largest absolute Gasteiger partial charge is 0.460 e. The number of benzene rings is 3. The minimum absolute atomic E-state index is 0.100. The summed E-state index contributed by atoms with van der Waals surface area (Å²) in [5.74, 6) is -1.68. The molecule has 0 aliphatic rings. The maximum absolute atomic E-state index is 13.1. The van der Waals surface area contributed by atoms with E-state index in [4.69, 9.17) is 4.74 Å². The summed E-state index contributed by atoms with van der Waals surface area (Å²) >= 11 is 0. The molecule has 4 heteroatoms. The molecule has 138 valence electrons. The summed E-state index contributed by atoms with van der Waals surface area (Å²) in [6.07, 6.45) is 0. The van der Waals surface area contributed by atoms with Crippen molar-refractivity contribution >= 4 is 11.8 Å². The average molecular weight is 369 g/mol. The monoisotopic (exact) mass is 369 g/mol. The third-order valence-electron chi connectivity index (χ3n) is 4.47. The molecule has 0 N–H and O–H groups in total. The van der Waals surface area contributed by atoms with Gasteiger partial charge in [-0.25, -0.2) is 4.79 Å². The molecule has 0 spiro atoms. The van der Waals surface area contributed by atoms with Gasteiger partial charge in [-0.15, -0.1) is 0 Å². The van der Waals surface area contributed by atoms with E-state index in [1.165, 1.54) is 0 Å². The standard InChI is InChI=1S/C24H19NO3/c1-3-28-24(27)23(26)22-19(17-10-6-4-7-11-17)14-16(2)20(15-25)21(22)18-12-8-5-9-13-18/h4-14H,3H2,1-2H3. The maximum Gasteiger partial charge on any atom is 0.379 e. The van der Waals surface area contributed by atoms with E-state index < -0.39 is 11.8 Å². The van der Waals surface area contributed by atoms with Crippen LogP contribution in [0.15, 0.2) is 66.7 Å². The number of ketones is 1. The van der Waals surface area contributed by atoms with Crippen molar-refractivity contribution < 1.29 is 14.3 Å². The lowest BCUT2D eigenvalue weighted by Crippen LogP contribution is -2.20. The Labute approximate surface area is 164 Å². The first kappa shape index (κ1) is 19.1. The number of hydrogen-bond acceptors (Lipinski definition) is 4. The van der Waals surface area contributed by atoms with E-state index in [2.05, 4.69) is 6.07 Å². The maximum atomic E-state index is 13.1. The Balaban J connectivity index is 2.42. The van der Waals surface area contributed by atoms with Crippen LogP contribution >= 0.6 is 0 Å². The number of carbonyl (C=O) groups is 2. The number of hydrogen-bond donors (Lipinski definition) is 0. The summed E-state index contributed by atoms with van der Waals surface area (Å²) in [7, 11) is 0. The molecule has 0 bridgehead atoms. The van der Waals surface area contributed by atoms with Crippen LogP contribution in [-0.4, -0.2) is 18.4 Å². The minimum atomic E-state index is -0.926. The highest BCUT2D eigenvalue weighted by atomic mass is 16.5. The Morgan fingerprint density at radius 3 is 2.07 bits per heavy atom. The molecule has 0 fully saturated rings. The first-order valence-corrected chi connectivity index (χ1v) is 8.98. The Morgan fingerprint density at radius 1 is 0.964 bits per heavy atom. The summed E-state index contributed by atoms with van der Waals surface area (Å²) in [5, 5.41) is 9.79. The smallest absolute Gasteiger partial charge is 0.379 e. The van der Waals surface area contributed by atoms with E-state index in [0.29, 0.717) is 22.3 Å². The van der Waals surface area contributed by atoms with Gasteiger partial charge in [0.2, 0.25) is 0 Å². The molecule has 0 heterocycles. The third-order valence-corrected chi connectivity index (χ3v) is 4.47. The first-order chi connectivity index (χ1) is 13.6. The van der Waals surface area contributed by atoms with Crippen LogP contribution in [0.25, 0.3) is 22.3 Å². The molecule has 0 amide bonds. The lowest BCUT2D eigenvalue weighted by Gasteiger charge is -2.18. The number of ether oxygens (including phenoxy) is 1. The molecule has 0 saturated heterocycles. The van der Waals surface area contributed by atoms with Crippen molar-refractivity contribution in [2.24, 2.45) is 0 Å². The van der Waals surface area contributed by atoms with Crippen LogP contribution < -0.4 is 0 Å². The second-order valence-corrected chi connectivity index (χ2v) is 6.26. The van der Waals surface area contributed by atoms with Crippen molar-refractivity contribution in [3.8, 4) is 28.3 Å². The van der Waals surface area contributed by atoms with E-state index >= 15 is 0 Å². The molecule has 3 rings (SSSR count). The number of nitriles is 1. The van der Waals surface area contributed by atoms with Gasteiger partial charge in [-0.2, -0.15) is 5.26 Å². The zero-order chi connectivity index (χ0) is 20.1. The highest BCUT2D eigenvalue weighted by Crippen LogP contribution is 2.37. The number of rotatable bonds is 5. The summed E-state index contributed by atoms with van der Waals surface area (Å²) in [4.78, 5) is 25.5. The van der Waals surface area contributed by atoms with Gasteiger partial charge in [-0.05, 0) is 42.2 Å². The van der Waals surface area contributed by atoms with Gasteiger partial charge in [0, 0.05) is 11.1 Å². The van der Waals surface area contributed by atoms with Gasteiger partial charge in [0.1, 0.15) is 6.07 Å². The molecule has 4 nitrogen and oxygen atoms in total. The number of nitrogens with zero attached hydrogens (tertiary/aromatic N) is 1. The van der Waals surface area contributed by atoms with E-state index in [9.17, 15) is 14.9 Å². The van der Waals surface area contributed by atoms with Gasteiger partial charge < -0.3 is 4.74 Å². The van der Waals surface area contributed by atoms with Crippen LogP contribution in [0.1, 0.15) is 28.4 Å². The fourth-order valence-electron chi connectivity index (χ4n) is 3.24. The number of aryl methyl sites for hydroxylation is 1. The van der Waals surface area contributed by atoms with Crippen molar-refractivity contribution in [1.82, 2.24) is 0 Å². The topological polar surface area (TPSA) is 67.2 Å². The fraction of sp³-hybridized carbons (Fsp3) is 0.125. The van der Waals surface area contributed by atoms with Crippen molar-refractivity contribution in [3.05, 3.63) is 83.4 Å². The van der Waals surface area contributed by atoms with Gasteiger partial charge in [-0.3, -0.25) is 4.79 Å². The molecule has 0 aromatic heterocycles. The highest BCUT2D eigenvalue weighted by molar-refractivity contribution is 6.43. The molecule has 0 unspecified atom stereocenters. The summed E-state index contributed by atoms with van der Waals surface area (Å²) in [6, 6.07) is 22.5.